The van der Waals surface area contributed by atoms with E-state index in [0.29, 0.717) is 6.54 Å². The second kappa shape index (κ2) is 9.12. The highest BCUT2D eigenvalue weighted by atomic mass is 32.2. The Morgan fingerprint density at radius 2 is 1.54 bits per heavy atom. The highest BCUT2D eigenvalue weighted by molar-refractivity contribution is 7.87. The first-order valence-electron chi connectivity index (χ1n) is 12.5. The van der Waals surface area contributed by atoms with Gasteiger partial charge in [0.1, 0.15) is 16.5 Å². The number of hydrogen-bond donors (Lipinski definition) is 1. The molecule has 0 aliphatic heterocycles. The quantitative estimate of drug-likeness (QED) is 0.511. The molecule has 0 radical (unpaired) electrons. The van der Waals surface area contributed by atoms with Gasteiger partial charge in [-0.25, -0.2) is 9.18 Å². The fourth-order valence-electron chi connectivity index (χ4n) is 6.67. The molecule has 188 valence electrons. The van der Waals surface area contributed by atoms with Gasteiger partial charge >= 0.3 is 16.1 Å². The molecule has 4 fully saturated rings. The lowest BCUT2D eigenvalue weighted by Crippen LogP contribution is -2.62. The number of nitrogens with one attached hydrogen (secondary N) is 1. The topological polar surface area (TPSA) is 75.7 Å². The van der Waals surface area contributed by atoms with Crippen LogP contribution in [0, 0.1) is 23.6 Å². The van der Waals surface area contributed by atoms with Crippen molar-refractivity contribution in [1.29, 1.82) is 0 Å². The van der Waals surface area contributed by atoms with E-state index in [0.717, 1.165) is 54.7 Å². The van der Waals surface area contributed by atoms with Gasteiger partial charge in [-0.05, 0) is 112 Å². The van der Waals surface area contributed by atoms with E-state index in [1.54, 1.807) is 24.3 Å². The number of nitrogens with zero attached hydrogens (tertiary/aromatic N) is 1. The van der Waals surface area contributed by atoms with Crippen LogP contribution in [0.1, 0.15) is 57.9 Å². The molecule has 4 bridgehead atoms. The molecule has 2 aromatic carbocycles. The van der Waals surface area contributed by atoms with Crippen molar-refractivity contribution in [3.05, 3.63) is 59.9 Å². The van der Waals surface area contributed by atoms with Crippen LogP contribution < -0.4 is 9.50 Å². The van der Waals surface area contributed by atoms with Crippen molar-refractivity contribution in [2.75, 3.05) is 0 Å². The Morgan fingerprint density at radius 1 is 1.00 bits per heavy atom. The molecule has 8 heteroatoms. The third kappa shape index (κ3) is 5.17. The van der Waals surface area contributed by atoms with Crippen molar-refractivity contribution >= 4 is 16.1 Å². The molecule has 2 amide bonds. The lowest BCUT2D eigenvalue weighted by Gasteiger charge is -2.57. The van der Waals surface area contributed by atoms with E-state index in [1.165, 1.54) is 31.4 Å². The Kier molecular flexibility index (Phi) is 6.28. The van der Waals surface area contributed by atoms with Crippen molar-refractivity contribution < 1.29 is 21.8 Å². The third-order valence-electron chi connectivity index (χ3n) is 7.88. The van der Waals surface area contributed by atoms with Gasteiger partial charge in [0.15, 0.2) is 0 Å². The van der Waals surface area contributed by atoms with Crippen LogP contribution in [0.4, 0.5) is 9.18 Å². The van der Waals surface area contributed by atoms with Gasteiger partial charge in [-0.15, -0.1) is 0 Å². The molecule has 0 saturated heterocycles. The van der Waals surface area contributed by atoms with Crippen molar-refractivity contribution in [1.82, 2.24) is 10.2 Å². The minimum Gasteiger partial charge on any atom is -0.379 e. The molecular formula is C27H33FN2O4S. The highest BCUT2D eigenvalue weighted by Crippen LogP contribution is 2.55. The zero-order valence-electron chi connectivity index (χ0n) is 20.2. The Morgan fingerprint density at radius 3 is 2.06 bits per heavy atom. The fraction of sp³-hybridized carbons (Fsp3) is 0.519. The molecule has 35 heavy (non-hydrogen) atoms. The summed E-state index contributed by atoms with van der Waals surface area (Å²) >= 11 is 0. The second-order valence-electron chi connectivity index (χ2n) is 11.0. The Bertz CT molecular complexity index is 1140. The van der Waals surface area contributed by atoms with Crippen LogP contribution in [-0.4, -0.2) is 30.9 Å². The predicted molar refractivity (Wildman–Crippen MR) is 131 cm³/mol. The van der Waals surface area contributed by atoms with Gasteiger partial charge in [0.25, 0.3) is 0 Å². The molecule has 4 aliphatic carbocycles. The van der Waals surface area contributed by atoms with Crippen molar-refractivity contribution in [3.63, 3.8) is 0 Å². The van der Waals surface area contributed by atoms with Gasteiger partial charge in [-0.1, -0.05) is 12.1 Å². The molecule has 4 aliphatic rings. The van der Waals surface area contributed by atoms with Crippen LogP contribution in [0.3, 0.4) is 0 Å². The summed E-state index contributed by atoms with van der Waals surface area (Å²) in [5.41, 5.74) is 0.830. The van der Waals surface area contributed by atoms with Crippen LogP contribution in [0.5, 0.6) is 5.75 Å². The van der Waals surface area contributed by atoms with Gasteiger partial charge in [0.2, 0.25) is 0 Å². The number of carbonyl (C=O) groups excluding carboxylic acids is 1. The molecule has 2 aromatic rings. The average Bonchev–Trinajstić information content (AvgIpc) is 2.77. The zero-order chi connectivity index (χ0) is 24.8. The molecule has 0 unspecified atom stereocenters. The smallest absolute Gasteiger partial charge is 0.339 e. The Balaban J connectivity index is 1.24. The summed E-state index contributed by atoms with van der Waals surface area (Å²) in [6, 6.07) is 11.2. The maximum Gasteiger partial charge on any atom is 0.339 e. The van der Waals surface area contributed by atoms with E-state index in [-0.39, 0.29) is 28.3 Å². The molecule has 0 atom stereocenters. The maximum atomic E-state index is 13.4. The summed E-state index contributed by atoms with van der Waals surface area (Å²) in [5, 5.41) is 3.45. The SMILES string of the molecule is CC(C)N(Cc1ccc(OS(=O)(=O)c2ccc(F)cc2)cc1)C(=O)NC12CC3CC(CC(C3)C1)C2. The summed E-state index contributed by atoms with van der Waals surface area (Å²) in [7, 11) is -4.06. The molecule has 4 saturated carbocycles. The van der Waals surface area contributed by atoms with E-state index >= 15 is 0 Å². The first-order valence-corrected chi connectivity index (χ1v) is 13.9. The average molecular weight is 501 g/mol. The van der Waals surface area contributed by atoms with E-state index in [4.69, 9.17) is 4.18 Å². The van der Waals surface area contributed by atoms with Crippen molar-refractivity contribution in [3.8, 4) is 5.75 Å². The number of urea groups is 1. The van der Waals surface area contributed by atoms with Gasteiger partial charge < -0.3 is 14.4 Å². The summed E-state index contributed by atoms with van der Waals surface area (Å²) in [6.45, 7) is 4.43. The van der Waals surface area contributed by atoms with Gasteiger partial charge in [0.05, 0.1) is 0 Å². The standard InChI is InChI=1S/C27H33FN2O4S/c1-18(2)30(26(31)29-27-14-20-11-21(15-27)13-22(12-20)16-27)17-19-3-7-24(8-4-19)34-35(32,33)25-9-5-23(28)6-10-25/h3-10,18,20-22H,11-17H2,1-2H3,(H,29,31). The summed E-state index contributed by atoms with van der Waals surface area (Å²) < 4.78 is 43.2. The Labute approximate surface area is 207 Å². The molecule has 1 N–H and O–H groups in total. The predicted octanol–water partition coefficient (Wildman–Crippen LogP) is 5.48. The zero-order valence-corrected chi connectivity index (χ0v) is 21.1. The number of hydrogen-bond acceptors (Lipinski definition) is 4. The number of benzene rings is 2. The lowest BCUT2D eigenvalue weighted by atomic mass is 9.53. The van der Waals surface area contributed by atoms with Crippen molar-refractivity contribution in [2.24, 2.45) is 17.8 Å². The van der Waals surface area contributed by atoms with E-state index in [2.05, 4.69) is 5.32 Å². The molecule has 0 heterocycles. The van der Waals surface area contributed by atoms with Crippen LogP contribution in [0.25, 0.3) is 0 Å². The fourth-order valence-corrected chi connectivity index (χ4v) is 7.60. The minimum atomic E-state index is -4.06. The van der Waals surface area contributed by atoms with Gasteiger partial charge in [0, 0.05) is 18.1 Å². The lowest BCUT2D eigenvalue weighted by molar-refractivity contribution is -0.0163. The van der Waals surface area contributed by atoms with E-state index in [1.807, 2.05) is 18.7 Å². The number of halogens is 1. The molecular weight excluding hydrogens is 467 g/mol. The Hall–Kier alpha value is -2.61. The van der Waals surface area contributed by atoms with Crippen LogP contribution in [0.15, 0.2) is 53.4 Å². The van der Waals surface area contributed by atoms with Crippen LogP contribution >= 0.6 is 0 Å². The van der Waals surface area contributed by atoms with E-state index < -0.39 is 15.9 Å². The summed E-state index contributed by atoms with van der Waals surface area (Å²) in [4.78, 5) is 15.1. The normalized spacial score (nSPS) is 27.1. The molecule has 0 aromatic heterocycles. The number of carbonyl (C=O) groups is 1. The summed E-state index contributed by atoms with van der Waals surface area (Å²) in [6.07, 6.45) is 7.29. The van der Waals surface area contributed by atoms with Crippen LogP contribution in [-0.2, 0) is 16.7 Å². The molecule has 6 rings (SSSR count). The van der Waals surface area contributed by atoms with Gasteiger partial charge in [-0.2, -0.15) is 8.42 Å². The number of amides is 2. The van der Waals surface area contributed by atoms with E-state index in [9.17, 15) is 17.6 Å². The maximum absolute atomic E-state index is 13.4. The van der Waals surface area contributed by atoms with Crippen molar-refractivity contribution in [2.45, 2.75) is 75.4 Å². The summed E-state index contributed by atoms with van der Waals surface area (Å²) in [5.74, 6) is 1.91. The van der Waals surface area contributed by atoms with Gasteiger partial charge in [-0.3, -0.25) is 0 Å². The minimum absolute atomic E-state index is 0.0127. The largest absolute Gasteiger partial charge is 0.379 e. The third-order valence-corrected chi connectivity index (χ3v) is 9.14. The monoisotopic (exact) mass is 500 g/mol. The first kappa shape index (κ1) is 24.1. The highest BCUT2D eigenvalue weighted by Gasteiger charge is 2.51. The second-order valence-corrected chi connectivity index (χ2v) is 12.5. The van der Waals surface area contributed by atoms with Crippen LogP contribution in [0.2, 0.25) is 0 Å². The molecule has 6 nitrogen and oxygen atoms in total. The molecule has 0 spiro atoms. The number of rotatable bonds is 7. The first-order chi connectivity index (χ1) is 16.6.